The normalized spacial score (nSPS) is 10.6. The maximum Gasteiger partial charge on any atom is 0.273 e. The van der Waals surface area contributed by atoms with E-state index in [1.165, 1.54) is 0 Å². The summed E-state index contributed by atoms with van der Waals surface area (Å²) in [5.74, 6) is 0.501. The summed E-state index contributed by atoms with van der Waals surface area (Å²) in [5.41, 5.74) is 1.27. The Labute approximate surface area is 146 Å². The van der Waals surface area contributed by atoms with Crippen LogP contribution in [-0.2, 0) is 6.54 Å². The number of carbonyl (C=O) groups is 1. The first-order valence-corrected chi connectivity index (χ1v) is 8.10. The molecule has 1 amide bonds. The van der Waals surface area contributed by atoms with Crippen molar-refractivity contribution in [2.75, 3.05) is 20.3 Å². The Morgan fingerprint density at radius 3 is 2.68 bits per heavy atom. The van der Waals surface area contributed by atoms with Crippen LogP contribution in [0, 0.1) is 0 Å². The standard InChI is InChI=1S/C20H20N2O3/c1-25-18-9-5-3-7-16(18)14-22(12-13-23)20(24)19-17-8-4-2-6-15(17)10-11-21-19/h2-11,23H,12-14H2,1H3. The number of benzene rings is 2. The molecule has 0 saturated carbocycles. The summed E-state index contributed by atoms with van der Waals surface area (Å²) in [6.45, 7) is 0.446. The molecule has 25 heavy (non-hydrogen) atoms. The van der Waals surface area contributed by atoms with Gasteiger partial charge in [-0.1, -0.05) is 42.5 Å². The van der Waals surface area contributed by atoms with Crippen molar-refractivity contribution in [1.82, 2.24) is 9.88 Å². The fourth-order valence-electron chi connectivity index (χ4n) is 2.85. The van der Waals surface area contributed by atoms with Gasteiger partial charge in [0.25, 0.3) is 5.91 Å². The average Bonchev–Trinajstić information content (AvgIpc) is 2.67. The van der Waals surface area contributed by atoms with Crippen LogP contribution >= 0.6 is 0 Å². The molecule has 1 N–H and O–H groups in total. The molecule has 0 aliphatic heterocycles. The lowest BCUT2D eigenvalue weighted by Crippen LogP contribution is -2.34. The topological polar surface area (TPSA) is 62.7 Å². The number of carbonyl (C=O) groups excluding carboxylic acids is 1. The van der Waals surface area contributed by atoms with E-state index in [1.54, 1.807) is 18.2 Å². The quantitative estimate of drug-likeness (QED) is 0.752. The number of fused-ring (bicyclic) bond motifs is 1. The minimum absolute atomic E-state index is 0.119. The third-order valence-electron chi connectivity index (χ3n) is 4.09. The van der Waals surface area contributed by atoms with Crippen LogP contribution in [0.4, 0.5) is 0 Å². The predicted octanol–water partition coefficient (Wildman–Crippen LogP) is 2.88. The number of hydrogen-bond donors (Lipinski definition) is 1. The Morgan fingerprint density at radius 1 is 1.12 bits per heavy atom. The highest BCUT2D eigenvalue weighted by Crippen LogP contribution is 2.22. The molecule has 0 unspecified atom stereocenters. The highest BCUT2D eigenvalue weighted by atomic mass is 16.5. The summed E-state index contributed by atoms with van der Waals surface area (Å²) >= 11 is 0. The number of hydrogen-bond acceptors (Lipinski definition) is 4. The lowest BCUT2D eigenvalue weighted by atomic mass is 10.1. The van der Waals surface area contributed by atoms with Gasteiger partial charge in [0.15, 0.2) is 0 Å². The molecule has 3 aromatic rings. The lowest BCUT2D eigenvalue weighted by Gasteiger charge is -2.23. The lowest BCUT2D eigenvalue weighted by molar-refractivity contribution is 0.0703. The molecule has 0 saturated heterocycles. The Hall–Kier alpha value is -2.92. The molecule has 0 bridgehead atoms. The molecule has 0 spiro atoms. The second-order valence-corrected chi connectivity index (χ2v) is 5.64. The Balaban J connectivity index is 1.95. The van der Waals surface area contributed by atoms with Crippen molar-refractivity contribution in [3.8, 4) is 5.75 Å². The van der Waals surface area contributed by atoms with Crippen molar-refractivity contribution in [3.05, 3.63) is 72.1 Å². The second-order valence-electron chi connectivity index (χ2n) is 5.64. The first-order valence-electron chi connectivity index (χ1n) is 8.10. The molecule has 3 rings (SSSR count). The van der Waals surface area contributed by atoms with Gasteiger partial charge >= 0.3 is 0 Å². The van der Waals surface area contributed by atoms with Gasteiger partial charge in [-0.15, -0.1) is 0 Å². The first kappa shape index (κ1) is 16.9. The number of ether oxygens (including phenoxy) is 1. The van der Waals surface area contributed by atoms with Crippen molar-refractivity contribution in [2.45, 2.75) is 6.54 Å². The van der Waals surface area contributed by atoms with Crippen LogP contribution in [0.1, 0.15) is 16.1 Å². The van der Waals surface area contributed by atoms with Crippen LogP contribution in [0.3, 0.4) is 0 Å². The third kappa shape index (κ3) is 3.61. The van der Waals surface area contributed by atoms with Gasteiger partial charge in [0.05, 0.1) is 13.7 Å². The summed E-state index contributed by atoms with van der Waals surface area (Å²) < 4.78 is 5.36. The van der Waals surface area contributed by atoms with Crippen LogP contribution in [0.5, 0.6) is 5.75 Å². The van der Waals surface area contributed by atoms with E-state index in [0.717, 1.165) is 16.3 Å². The molecule has 0 radical (unpaired) electrons. The zero-order valence-corrected chi connectivity index (χ0v) is 14.1. The molecule has 2 aromatic carbocycles. The Bertz CT molecular complexity index is 874. The molecule has 5 nitrogen and oxygen atoms in total. The Kier molecular flexibility index (Phi) is 5.26. The van der Waals surface area contributed by atoms with Crippen LogP contribution in [-0.4, -0.2) is 41.2 Å². The maximum atomic E-state index is 13.1. The molecule has 0 aliphatic rings. The molecule has 0 fully saturated rings. The molecule has 1 heterocycles. The van der Waals surface area contributed by atoms with E-state index in [9.17, 15) is 9.90 Å². The Morgan fingerprint density at radius 2 is 1.88 bits per heavy atom. The molecular formula is C20H20N2O3. The fourth-order valence-corrected chi connectivity index (χ4v) is 2.85. The molecule has 128 valence electrons. The van der Waals surface area contributed by atoms with Crippen molar-refractivity contribution >= 4 is 16.7 Å². The first-order chi connectivity index (χ1) is 12.2. The summed E-state index contributed by atoms with van der Waals surface area (Å²) in [4.78, 5) is 18.9. The zero-order valence-electron chi connectivity index (χ0n) is 14.1. The molecule has 1 aromatic heterocycles. The molecular weight excluding hydrogens is 316 g/mol. The number of amides is 1. The van der Waals surface area contributed by atoms with Gasteiger partial charge in [-0.25, -0.2) is 0 Å². The number of rotatable bonds is 6. The smallest absolute Gasteiger partial charge is 0.273 e. The minimum Gasteiger partial charge on any atom is -0.496 e. The van der Waals surface area contributed by atoms with E-state index >= 15 is 0 Å². The van der Waals surface area contributed by atoms with Gasteiger partial charge in [-0.05, 0) is 17.5 Å². The number of pyridine rings is 1. The monoisotopic (exact) mass is 336 g/mol. The van der Waals surface area contributed by atoms with Crippen LogP contribution < -0.4 is 4.74 Å². The minimum atomic E-state index is -0.211. The molecule has 5 heteroatoms. The number of aliphatic hydroxyl groups excluding tert-OH is 1. The van der Waals surface area contributed by atoms with Crippen molar-refractivity contribution in [3.63, 3.8) is 0 Å². The molecule has 0 aliphatic carbocycles. The summed E-state index contributed by atoms with van der Waals surface area (Å²) in [7, 11) is 1.60. The predicted molar refractivity (Wildman–Crippen MR) is 96.6 cm³/mol. The van der Waals surface area contributed by atoms with E-state index in [2.05, 4.69) is 4.98 Å². The number of aromatic nitrogens is 1. The van der Waals surface area contributed by atoms with Gasteiger partial charge in [0, 0.05) is 30.2 Å². The highest BCUT2D eigenvalue weighted by molar-refractivity contribution is 6.05. The maximum absolute atomic E-state index is 13.1. The summed E-state index contributed by atoms with van der Waals surface area (Å²) in [6.07, 6.45) is 1.63. The van der Waals surface area contributed by atoms with Crippen LogP contribution in [0.2, 0.25) is 0 Å². The van der Waals surface area contributed by atoms with E-state index in [1.807, 2.05) is 54.6 Å². The number of nitrogens with zero attached hydrogens (tertiary/aromatic N) is 2. The highest BCUT2D eigenvalue weighted by Gasteiger charge is 2.20. The number of para-hydroxylation sites is 1. The van der Waals surface area contributed by atoms with Gasteiger partial charge in [-0.2, -0.15) is 0 Å². The van der Waals surface area contributed by atoms with Crippen molar-refractivity contribution < 1.29 is 14.6 Å². The third-order valence-corrected chi connectivity index (χ3v) is 4.09. The van der Waals surface area contributed by atoms with Crippen LogP contribution in [0.25, 0.3) is 10.8 Å². The number of aliphatic hydroxyl groups is 1. The van der Waals surface area contributed by atoms with Crippen LogP contribution in [0.15, 0.2) is 60.8 Å². The fraction of sp³-hybridized carbons (Fsp3) is 0.200. The molecule has 0 atom stereocenters. The largest absolute Gasteiger partial charge is 0.496 e. The van der Waals surface area contributed by atoms with Gasteiger partial charge < -0.3 is 14.7 Å². The van der Waals surface area contributed by atoms with Crippen molar-refractivity contribution in [2.24, 2.45) is 0 Å². The van der Waals surface area contributed by atoms with Gasteiger partial charge in [-0.3, -0.25) is 9.78 Å². The SMILES string of the molecule is COc1ccccc1CN(CCO)C(=O)c1nccc2ccccc12. The van der Waals surface area contributed by atoms with Gasteiger partial charge in [0.1, 0.15) is 11.4 Å². The van der Waals surface area contributed by atoms with Crippen molar-refractivity contribution in [1.29, 1.82) is 0 Å². The number of methoxy groups -OCH3 is 1. The summed E-state index contributed by atoms with van der Waals surface area (Å²) in [5, 5.41) is 11.2. The summed E-state index contributed by atoms with van der Waals surface area (Å²) in [6, 6.07) is 17.1. The van der Waals surface area contributed by atoms with E-state index < -0.39 is 0 Å². The average molecular weight is 336 g/mol. The van der Waals surface area contributed by atoms with E-state index in [0.29, 0.717) is 18.0 Å². The van der Waals surface area contributed by atoms with E-state index in [4.69, 9.17) is 4.74 Å². The van der Waals surface area contributed by atoms with Gasteiger partial charge in [0.2, 0.25) is 0 Å². The second kappa shape index (κ2) is 7.77. The van der Waals surface area contributed by atoms with E-state index in [-0.39, 0.29) is 19.1 Å². The zero-order chi connectivity index (χ0) is 17.6.